The van der Waals surface area contributed by atoms with Crippen LogP contribution in [0, 0.1) is 5.92 Å². The molecule has 0 radical (unpaired) electrons. The third kappa shape index (κ3) is 3.04. The van der Waals surface area contributed by atoms with Crippen molar-refractivity contribution in [3.05, 3.63) is 11.6 Å². The Balaban J connectivity index is 2.82. The Kier molecular flexibility index (Phi) is 3.73. The molecule has 1 aliphatic rings. The SMILES string of the molecule is CC(C)C1=CC(=O)O[C@H](C(Cl)(Cl)Cl)C1. The summed E-state index contributed by atoms with van der Waals surface area (Å²) < 4.78 is 3.37. The van der Waals surface area contributed by atoms with Crippen molar-refractivity contribution in [2.45, 2.75) is 30.2 Å². The van der Waals surface area contributed by atoms with Crippen LogP contribution in [0.4, 0.5) is 0 Å². The minimum Gasteiger partial charge on any atom is -0.454 e. The summed E-state index contributed by atoms with van der Waals surface area (Å²) in [4.78, 5) is 11.2. The highest BCUT2D eigenvalue weighted by atomic mass is 35.6. The van der Waals surface area contributed by atoms with E-state index in [0.717, 1.165) is 5.57 Å². The number of hydrogen-bond donors (Lipinski definition) is 0. The van der Waals surface area contributed by atoms with E-state index in [0.29, 0.717) is 6.42 Å². The Bertz CT molecular complexity index is 266. The Morgan fingerprint density at radius 3 is 2.50 bits per heavy atom. The molecule has 0 aromatic rings. The highest BCUT2D eigenvalue weighted by Gasteiger charge is 2.38. The van der Waals surface area contributed by atoms with Crippen molar-refractivity contribution in [2.24, 2.45) is 5.92 Å². The molecule has 1 heterocycles. The molecule has 1 atom stereocenters. The van der Waals surface area contributed by atoms with Gasteiger partial charge in [0.15, 0.2) is 6.10 Å². The van der Waals surface area contributed by atoms with E-state index in [9.17, 15) is 4.79 Å². The van der Waals surface area contributed by atoms with Crippen molar-refractivity contribution in [3.63, 3.8) is 0 Å². The molecule has 1 rings (SSSR count). The number of alkyl halides is 3. The fraction of sp³-hybridized carbons (Fsp3) is 0.667. The molecule has 0 unspecified atom stereocenters. The fourth-order valence-electron chi connectivity index (χ4n) is 1.23. The zero-order valence-corrected chi connectivity index (χ0v) is 10.2. The molecule has 0 saturated carbocycles. The third-order valence-corrected chi connectivity index (χ3v) is 2.82. The minimum absolute atomic E-state index is 0.262. The van der Waals surface area contributed by atoms with Crippen molar-refractivity contribution >= 4 is 40.8 Å². The molecule has 0 aromatic heterocycles. The molecule has 1 aliphatic heterocycles. The van der Waals surface area contributed by atoms with Gasteiger partial charge in [0.05, 0.1) is 0 Å². The van der Waals surface area contributed by atoms with Gasteiger partial charge < -0.3 is 4.74 Å². The quantitative estimate of drug-likeness (QED) is 0.532. The van der Waals surface area contributed by atoms with E-state index in [2.05, 4.69) is 0 Å². The highest BCUT2D eigenvalue weighted by Crippen LogP contribution is 2.38. The van der Waals surface area contributed by atoms with Gasteiger partial charge in [0.2, 0.25) is 3.79 Å². The lowest BCUT2D eigenvalue weighted by molar-refractivity contribution is -0.144. The molecule has 14 heavy (non-hydrogen) atoms. The molecule has 5 heteroatoms. The largest absolute Gasteiger partial charge is 0.454 e. The molecule has 0 N–H and O–H groups in total. The molecular formula is C9H11Cl3O2. The Labute approximate surface area is 98.1 Å². The van der Waals surface area contributed by atoms with Crippen LogP contribution in [0.25, 0.3) is 0 Å². The lowest BCUT2D eigenvalue weighted by Gasteiger charge is -2.29. The second kappa shape index (κ2) is 4.30. The molecule has 0 aromatic carbocycles. The van der Waals surface area contributed by atoms with Gasteiger partial charge in [-0.05, 0) is 5.92 Å². The van der Waals surface area contributed by atoms with Gasteiger partial charge in [0.1, 0.15) is 0 Å². The van der Waals surface area contributed by atoms with Gasteiger partial charge in [-0.2, -0.15) is 0 Å². The maximum absolute atomic E-state index is 11.2. The summed E-state index contributed by atoms with van der Waals surface area (Å²) >= 11 is 17.0. The van der Waals surface area contributed by atoms with Crippen LogP contribution in [0.5, 0.6) is 0 Å². The Morgan fingerprint density at radius 1 is 1.50 bits per heavy atom. The average molecular weight is 258 g/mol. The second-order valence-electron chi connectivity index (χ2n) is 3.55. The monoisotopic (exact) mass is 256 g/mol. The van der Waals surface area contributed by atoms with Crippen molar-refractivity contribution in [1.29, 1.82) is 0 Å². The van der Waals surface area contributed by atoms with Crippen LogP contribution in [0.2, 0.25) is 0 Å². The first-order chi connectivity index (χ1) is 6.30. The van der Waals surface area contributed by atoms with E-state index in [1.807, 2.05) is 13.8 Å². The first-order valence-electron chi connectivity index (χ1n) is 4.28. The van der Waals surface area contributed by atoms with E-state index in [-0.39, 0.29) is 5.92 Å². The predicted molar refractivity (Wildman–Crippen MR) is 57.7 cm³/mol. The summed E-state index contributed by atoms with van der Waals surface area (Å²) in [5, 5.41) is 0. The van der Waals surface area contributed by atoms with E-state index >= 15 is 0 Å². The number of carbonyl (C=O) groups excluding carboxylic acids is 1. The third-order valence-electron chi connectivity index (χ3n) is 2.09. The van der Waals surface area contributed by atoms with Crippen LogP contribution in [0.3, 0.4) is 0 Å². The summed E-state index contributed by atoms with van der Waals surface area (Å²) in [6, 6.07) is 0. The first kappa shape index (κ1) is 12.2. The zero-order chi connectivity index (χ0) is 10.9. The molecular weight excluding hydrogens is 246 g/mol. The van der Waals surface area contributed by atoms with Gasteiger partial charge in [0, 0.05) is 12.5 Å². The Hall–Kier alpha value is 0.0800. The van der Waals surface area contributed by atoms with Crippen LogP contribution in [-0.2, 0) is 9.53 Å². The summed E-state index contributed by atoms with van der Waals surface area (Å²) in [6.07, 6.45) is 1.28. The van der Waals surface area contributed by atoms with E-state index in [4.69, 9.17) is 39.5 Å². The van der Waals surface area contributed by atoms with Crippen molar-refractivity contribution in [3.8, 4) is 0 Å². The topological polar surface area (TPSA) is 26.3 Å². The fourth-order valence-corrected chi connectivity index (χ4v) is 1.59. The molecule has 0 aliphatic carbocycles. The van der Waals surface area contributed by atoms with Crippen LogP contribution >= 0.6 is 34.8 Å². The summed E-state index contributed by atoms with van der Waals surface area (Å²) in [5.74, 6) is -0.172. The summed E-state index contributed by atoms with van der Waals surface area (Å²) in [5.41, 5.74) is 0.956. The van der Waals surface area contributed by atoms with Gasteiger partial charge >= 0.3 is 5.97 Å². The molecule has 0 fully saturated rings. The zero-order valence-electron chi connectivity index (χ0n) is 7.89. The summed E-state index contributed by atoms with van der Waals surface area (Å²) in [7, 11) is 0. The van der Waals surface area contributed by atoms with Crippen molar-refractivity contribution < 1.29 is 9.53 Å². The number of esters is 1. The molecule has 0 saturated heterocycles. The van der Waals surface area contributed by atoms with Crippen LogP contribution < -0.4 is 0 Å². The van der Waals surface area contributed by atoms with Crippen molar-refractivity contribution in [1.82, 2.24) is 0 Å². The molecule has 0 amide bonds. The van der Waals surface area contributed by atoms with Gasteiger partial charge in [-0.25, -0.2) is 4.79 Å². The lowest BCUT2D eigenvalue weighted by Crippen LogP contribution is -2.34. The molecule has 0 spiro atoms. The number of rotatable bonds is 1. The summed E-state index contributed by atoms with van der Waals surface area (Å²) in [6.45, 7) is 3.97. The van der Waals surface area contributed by atoms with Gasteiger partial charge in [-0.3, -0.25) is 0 Å². The standard InChI is InChI=1S/C9H11Cl3O2/c1-5(2)6-3-7(9(10,11)12)14-8(13)4-6/h4-5,7H,3H2,1-2H3/t7-/m0/s1. The van der Waals surface area contributed by atoms with Gasteiger partial charge in [-0.1, -0.05) is 54.2 Å². The normalized spacial score (nSPS) is 23.4. The number of ether oxygens (including phenoxy) is 1. The highest BCUT2D eigenvalue weighted by molar-refractivity contribution is 6.68. The lowest BCUT2D eigenvalue weighted by atomic mass is 9.95. The molecule has 2 nitrogen and oxygen atoms in total. The first-order valence-corrected chi connectivity index (χ1v) is 5.42. The second-order valence-corrected chi connectivity index (χ2v) is 5.91. The van der Waals surface area contributed by atoms with Gasteiger partial charge in [0.25, 0.3) is 0 Å². The van der Waals surface area contributed by atoms with Gasteiger partial charge in [-0.15, -0.1) is 0 Å². The smallest absolute Gasteiger partial charge is 0.331 e. The van der Waals surface area contributed by atoms with E-state index in [1.54, 1.807) is 0 Å². The van der Waals surface area contributed by atoms with Crippen molar-refractivity contribution in [2.75, 3.05) is 0 Å². The van der Waals surface area contributed by atoms with E-state index in [1.165, 1.54) is 6.08 Å². The number of carbonyl (C=O) groups is 1. The van der Waals surface area contributed by atoms with Crippen LogP contribution in [0.15, 0.2) is 11.6 Å². The number of halogens is 3. The maximum atomic E-state index is 11.2. The molecule has 80 valence electrons. The minimum atomic E-state index is -1.55. The maximum Gasteiger partial charge on any atom is 0.331 e. The molecule has 0 bridgehead atoms. The average Bonchev–Trinajstić information content (AvgIpc) is 2.01. The number of hydrogen-bond acceptors (Lipinski definition) is 2. The van der Waals surface area contributed by atoms with Crippen LogP contribution in [0.1, 0.15) is 20.3 Å². The van der Waals surface area contributed by atoms with Crippen LogP contribution in [-0.4, -0.2) is 15.9 Å². The Morgan fingerprint density at radius 2 is 2.07 bits per heavy atom. The predicted octanol–water partition coefficient (Wildman–Crippen LogP) is 3.25. The number of cyclic esters (lactones) is 1. The van der Waals surface area contributed by atoms with E-state index < -0.39 is 15.9 Å².